The number of nitrogens with zero attached hydrogens (tertiary/aromatic N) is 2. The molecule has 5 aromatic carbocycles. The smallest absolute Gasteiger partial charge is 0.404 e. The van der Waals surface area contributed by atoms with Gasteiger partial charge in [-0.1, -0.05) is 145 Å². The van der Waals surface area contributed by atoms with Crippen LogP contribution >= 0.6 is 15.8 Å². The number of aliphatic imine (C=N–C) groups is 1. The van der Waals surface area contributed by atoms with E-state index in [1.807, 2.05) is 0 Å². The van der Waals surface area contributed by atoms with E-state index in [9.17, 15) is 0 Å². The van der Waals surface area contributed by atoms with Gasteiger partial charge in [0, 0.05) is 7.92 Å². The molecule has 0 aliphatic heterocycles. The summed E-state index contributed by atoms with van der Waals surface area (Å²) in [6, 6.07) is 45.8. The van der Waals surface area contributed by atoms with Crippen molar-refractivity contribution in [1.29, 1.82) is 0 Å². The first-order valence-electron chi connectivity index (χ1n) is 20.2. The van der Waals surface area contributed by atoms with Crippen LogP contribution in [0.3, 0.4) is 0 Å². The molecular formula is C51H68N2NiP2+2. The molecule has 2 nitrogen and oxygen atoms in total. The third-order valence-corrected chi connectivity index (χ3v) is 16.3. The number of rotatable bonds is 10. The van der Waals surface area contributed by atoms with Gasteiger partial charge in [0.2, 0.25) is 0 Å². The molecule has 0 spiro atoms. The molecule has 0 aliphatic rings. The molecule has 0 heterocycles. The molecule has 1 unspecified atom stereocenters. The van der Waals surface area contributed by atoms with E-state index in [0.29, 0.717) is 17.8 Å². The molecule has 5 rings (SSSR count). The number of hydrogen-bond donors (Lipinski definition) is 0. The average molecular weight is 830 g/mol. The third kappa shape index (κ3) is 12.5. The summed E-state index contributed by atoms with van der Waals surface area (Å²) in [6.45, 7) is 34.4. The Kier molecular flexibility index (Phi) is 17.8. The van der Waals surface area contributed by atoms with Gasteiger partial charge >= 0.3 is 16.5 Å². The van der Waals surface area contributed by atoms with E-state index in [1.165, 1.54) is 38.2 Å². The molecule has 5 heteroatoms. The predicted octanol–water partition coefficient (Wildman–Crippen LogP) is 14.7. The maximum absolute atomic E-state index is 5.61. The van der Waals surface area contributed by atoms with Gasteiger partial charge in [0.25, 0.3) is 0 Å². The van der Waals surface area contributed by atoms with Crippen LogP contribution in [-0.2, 0) is 16.5 Å². The van der Waals surface area contributed by atoms with Crippen molar-refractivity contribution in [3.63, 3.8) is 0 Å². The van der Waals surface area contributed by atoms with E-state index in [-0.39, 0.29) is 32.7 Å². The Morgan fingerprint density at radius 3 is 1.16 bits per heavy atom. The van der Waals surface area contributed by atoms with Crippen LogP contribution < -0.4 is 15.9 Å². The SMILES string of the molecule is [CH2-]C(C)c1cccc(C(C)C)c1[N-]C(=Nc1c(C(C)C)cccc1C(C)C)[PH+](C(C)(C)C)C(C)(C)C.[Ni+2].c1ccc([PH+](c2ccccc2)c2ccccc2)cc1. The quantitative estimate of drug-likeness (QED) is 0.0441. The van der Waals surface area contributed by atoms with Crippen LogP contribution in [0, 0.1) is 6.92 Å². The molecule has 300 valence electrons. The monoisotopic (exact) mass is 828 g/mol. The van der Waals surface area contributed by atoms with E-state index in [1.54, 1.807) is 0 Å². The van der Waals surface area contributed by atoms with Gasteiger partial charge in [-0.05, 0) is 124 Å². The molecule has 0 aliphatic carbocycles. The minimum absolute atomic E-state index is 0. The summed E-state index contributed by atoms with van der Waals surface area (Å²) in [5, 5.41) is 10.1. The fourth-order valence-electron chi connectivity index (χ4n) is 7.67. The molecule has 56 heavy (non-hydrogen) atoms. The van der Waals surface area contributed by atoms with E-state index in [0.717, 1.165) is 17.0 Å². The second-order valence-corrected chi connectivity index (χ2v) is 24.5. The number of amidine groups is 1. The molecule has 0 amide bonds. The molecule has 1 atom stereocenters. The first kappa shape index (κ1) is 47.3. The van der Waals surface area contributed by atoms with E-state index in [2.05, 4.69) is 224 Å². The number of benzene rings is 5. The molecule has 0 aromatic heterocycles. The van der Waals surface area contributed by atoms with Crippen LogP contribution in [0.25, 0.3) is 5.32 Å². The fourth-order valence-corrected chi connectivity index (χ4v) is 14.3. The minimum atomic E-state index is -1.21. The van der Waals surface area contributed by atoms with Crippen molar-refractivity contribution in [1.82, 2.24) is 0 Å². The van der Waals surface area contributed by atoms with Crippen molar-refractivity contribution < 1.29 is 16.5 Å². The molecule has 0 radical (unpaired) electrons. The normalized spacial score (nSPS) is 12.8. The van der Waals surface area contributed by atoms with Gasteiger partial charge in [-0.25, -0.2) is 0 Å². The molecule has 0 fully saturated rings. The third-order valence-electron chi connectivity index (χ3n) is 9.94. The maximum Gasteiger partial charge on any atom is 2.00 e. The summed E-state index contributed by atoms with van der Waals surface area (Å²) in [7, 11) is -2.09. The zero-order chi connectivity index (χ0) is 40.5. The van der Waals surface area contributed by atoms with Crippen LogP contribution in [0.4, 0.5) is 11.4 Å². The van der Waals surface area contributed by atoms with Crippen LogP contribution in [0.1, 0.15) is 136 Å². The summed E-state index contributed by atoms with van der Waals surface area (Å²) in [6.07, 6.45) is 0. The number of hydrogen-bond acceptors (Lipinski definition) is 1. The van der Waals surface area contributed by atoms with Crippen molar-refractivity contribution in [3.8, 4) is 0 Å². The number of para-hydroxylation sites is 2. The Hall–Kier alpha value is -3.08. The summed E-state index contributed by atoms with van der Waals surface area (Å²) in [5.41, 5.74) is 8.34. The van der Waals surface area contributed by atoms with E-state index < -0.39 is 15.8 Å². The van der Waals surface area contributed by atoms with E-state index in [4.69, 9.17) is 10.3 Å². The van der Waals surface area contributed by atoms with Crippen LogP contribution in [-0.4, -0.2) is 15.9 Å². The summed E-state index contributed by atoms with van der Waals surface area (Å²) in [5.74, 6) is 1.31. The van der Waals surface area contributed by atoms with E-state index >= 15 is 0 Å². The molecule has 0 bridgehead atoms. The molecule has 0 saturated carbocycles. The van der Waals surface area contributed by atoms with Gasteiger partial charge in [0.15, 0.2) is 0 Å². The second kappa shape index (κ2) is 21.1. The van der Waals surface area contributed by atoms with Crippen molar-refractivity contribution in [2.24, 2.45) is 4.99 Å². The zero-order valence-corrected chi connectivity index (χ0v) is 39.3. The fraction of sp³-hybridized carbons (Fsp3) is 0.373. The Morgan fingerprint density at radius 2 is 0.839 bits per heavy atom. The van der Waals surface area contributed by atoms with Crippen molar-refractivity contribution >= 4 is 48.7 Å². The van der Waals surface area contributed by atoms with Crippen LogP contribution in [0.2, 0.25) is 0 Å². The Morgan fingerprint density at radius 1 is 0.500 bits per heavy atom. The van der Waals surface area contributed by atoms with Crippen molar-refractivity contribution in [3.05, 3.63) is 162 Å². The van der Waals surface area contributed by atoms with Gasteiger partial charge in [-0.3, -0.25) is 0 Å². The maximum atomic E-state index is 5.61. The average Bonchev–Trinajstić information content (AvgIpc) is 3.12. The van der Waals surface area contributed by atoms with Gasteiger partial charge < -0.3 is 17.2 Å². The van der Waals surface area contributed by atoms with Crippen LogP contribution in [0.5, 0.6) is 0 Å². The standard InChI is InChI=1S/C33H51N2P.C18H15P.Ni/c1-21(2)25-17-15-18-26(22(3)4)29(25)34-31(36(32(9,10)11)33(12,13)14)35-30-27(23(5)6)19-16-20-28(30)24(7)8;1-4-10-16(11-5-1)19(17-12-6-2-7-13-17)18-14-8-3-9-15-18;/h15-24H,1H2,2-14H3;1-15H;/q-2;;+2/p+2. The minimum Gasteiger partial charge on any atom is -0.404 e. The second-order valence-electron chi connectivity index (χ2n) is 17.8. The van der Waals surface area contributed by atoms with Gasteiger partial charge in [-0.15, -0.1) is 5.92 Å². The molecule has 5 aromatic rings. The van der Waals surface area contributed by atoms with Gasteiger partial charge in [0.1, 0.15) is 15.9 Å². The largest absolute Gasteiger partial charge is 2.00 e. The predicted molar refractivity (Wildman–Crippen MR) is 253 cm³/mol. The summed E-state index contributed by atoms with van der Waals surface area (Å²) >= 11 is 0. The summed E-state index contributed by atoms with van der Waals surface area (Å²) < 4.78 is 0. The Balaban J connectivity index is 0.000000351. The topological polar surface area (TPSA) is 26.5 Å². The van der Waals surface area contributed by atoms with Crippen molar-refractivity contribution in [2.75, 3.05) is 0 Å². The van der Waals surface area contributed by atoms with Gasteiger partial charge in [-0.2, -0.15) is 0 Å². The molecular weight excluding hydrogens is 761 g/mol. The van der Waals surface area contributed by atoms with Crippen LogP contribution in [0.15, 0.2) is 132 Å². The Bertz CT molecular complexity index is 1790. The summed E-state index contributed by atoms with van der Waals surface area (Å²) in [4.78, 5) is 5.61. The molecule has 0 saturated heterocycles. The van der Waals surface area contributed by atoms with Crippen molar-refractivity contribution in [2.45, 2.75) is 124 Å². The molecule has 0 N–H and O–H groups in total. The Labute approximate surface area is 354 Å². The van der Waals surface area contributed by atoms with Gasteiger partial charge in [0.05, 0.1) is 23.8 Å². The first-order valence-corrected chi connectivity index (χ1v) is 23.2. The zero-order valence-electron chi connectivity index (χ0n) is 36.4. The first-order chi connectivity index (χ1) is 25.9.